The normalized spacial score (nSPS) is 11.1. The van der Waals surface area contributed by atoms with E-state index in [2.05, 4.69) is 41.9 Å². The van der Waals surface area contributed by atoms with Gasteiger partial charge in [0.05, 0.1) is 24.7 Å². The summed E-state index contributed by atoms with van der Waals surface area (Å²) in [5.41, 5.74) is 3.97. The number of aryl methyl sites for hydroxylation is 1. The molecule has 0 radical (unpaired) electrons. The van der Waals surface area contributed by atoms with Crippen LogP contribution < -0.4 is 14.8 Å². The maximum Gasteiger partial charge on any atom is 0.251 e. The number of ether oxygens (including phenoxy) is 2. The molecule has 0 bridgehead atoms. The zero-order chi connectivity index (χ0) is 24.6. The summed E-state index contributed by atoms with van der Waals surface area (Å²) in [6.45, 7) is 6.20. The molecule has 0 aliphatic carbocycles. The highest BCUT2D eigenvalue weighted by atomic mass is 16.5. The van der Waals surface area contributed by atoms with Crippen molar-refractivity contribution in [3.63, 3.8) is 0 Å². The first-order valence-electron chi connectivity index (χ1n) is 12.1. The summed E-state index contributed by atoms with van der Waals surface area (Å²) >= 11 is 0. The van der Waals surface area contributed by atoms with Crippen LogP contribution in [0.15, 0.2) is 72.8 Å². The molecule has 0 unspecified atom stereocenters. The van der Waals surface area contributed by atoms with E-state index in [0.717, 1.165) is 35.4 Å². The Labute approximate surface area is 206 Å². The molecule has 0 aliphatic heterocycles. The van der Waals surface area contributed by atoms with Gasteiger partial charge in [-0.15, -0.1) is 0 Å². The standard InChI is InChI=1S/C29H33N3O3/c1-21(2)22-13-15-24(16-14-22)35-19-18-32-27-11-5-4-10-26(27)31-28(32)12-7-17-30-29(33)23-8-6-9-25(20-23)34-3/h4-6,8-11,13-16,20-21H,7,12,17-19H2,1-3H3,(H,30,33). The van der Waals surface area contributed by atoms with Gasteiger partial charge >= 0.3 is 0 Å². The van der Waals surface area contributed by atoms with Crippen molar-refractivity contribution < 1.29 is 14.3 Å². The van der Waals surface area contributed by atoms with Crippen molar-refractivity contribution in [3.8, 4) is 11.5 Å². The lowest BCUT2D eigenvalue weighted by atomic mass is 10.0. The number of hydrogen-bond acceptors (Lipinski definition) is 4. The number of carbonyl (C=O) groups excluding carboxylic acids is 1. The van der Waals surface area contributed by atoms with E-state index in [1.54, 1.807) is 19.2 Å². The molecule has 1 heterocycles. The second kappa shape index (κ2) is 11.6. The number of aromatic nitrogens is 2. The number of methoxy groups -OCH3 is 1. The Morgan fingerprint density at radius 2 is 1.80 bits per heavy atom. The summed E-state index contributed by atoms with van der Waals surface area (Å²) in [6, 6.07) is 23.6. The third-order valence-electron chi connectivity index (χ3n) is 6.06. The molecule has 0 spiro atoms. The lowest BCUT2D eigenvalue weighted by Crippen LogP contribution is -2.25. The summed E-state index contributed by atoms with van der Waals surface area (Å²) in [5, 5.41) is 2.99. The van der Waals surface area contributed by atoms with Crippen molar-refractivity contribution in [2.45, 2.75) is 39.2 Å². The largest absolute Gasteiger partial charge is 0.497 e. The van der Waals surface area contributed by atoms with Crippen molar-refractivity contribution >= 4 is 16.9 Å². The summed E-state index contributed by atoms with van der Waals surface area (Å²) in [5.74, 6) is 2.95. The number of nitrogens with zero attached hydrogens (tertiary/aromatic N) is 2. The smallest absolute Gasteiger partial charge is 0.251 e. The minimum absolute atomic E-state index is 0.103. The van der Waals surface area contributed by atoms with Gasteiger partial charge in [-0.3, -0.25) is 4.79 Å². The average Bonchev–Trinajstić information content (AvgIpc) is 3.24. The van der Waals surface area contributed by atoms with E-state index in [4.69, 9.17) is 14.5 Å². The number of hydrogen-bond donors (Lipinski definition) is 1. The molecule has 0 saturated carbocycles. The molecule has 182 valence electrons. The molecule has 3 aromatic carbocycles. The first-order chi connectivity index (χ1) is 17.0. The van der Waals surface area contributed by atoms with Crippen LogP contribution in [0.1, 0.15) is 47.9 Å². The fourth-order valence-electron chi connectivity index (χ4n) is 4.08. The Kier molecular flexibility index (Phi) is 8.03. The van der Waals surface area contributed by atoms with Crippen LogP contribution in [0.25, 0.3) is 11.0 Å². The van der Waals surface area contributed by atoms with E-state index in [0.29, 0.717) is 36.9 Å². The minimum Gasteiger partial charge on any atom is -0.497 e. The van der Waals surface area contributed by atoms with Crippen LogP contribution in [0, 0.1) is 0 Å². The van der Waals surface area contributed by atoms with Crippen LogP contribution in [0.3, 0.4) is 0 Å². The minimum atomic E-state index is -0.103. The predicted octanol–water partition coefficient (Wildman–Crippen LogP) is 5.61. The summed E-state index contributed by atoms with van der Waals surface area (Å²) in [6.07, 6.45) is 1.55. The summed E-state index contributed by atoms with van der Waals surface area (Å²) in [7, 11) is 1.59. The lowest BCUT2D eigenvalue weighted by Gasteiger charge is -2.12. The predicted molar refractivity (Wildman–Crippen MR) is 139 cm³/mol. The van der Waals surface area contributed by atoms with Crippen LogP contribution in [-0.2, 0) is 13.0 Å². The Bertz CT molecular complexity index is 1260. The van der Waals surface area contributed by atoms with Gasteiger partial charge in [0.15, 0.2) is 0 Å². The molecule has 6 heteroatoms. The van der Waals surface area contributed by atoms with Crippen molar-refractivity contribution in [3.05, 3.63) is 89.7 Å². The fourth-order valence-corrected chi connectivity index (χ4v) is 4.08. The molecular formula is C29H33N3O3. The Morgan fingerprint density at radius 3 is 2.57 bits per heavy atom. The van der Waals surface area contributed by atoms with Gasteiger partial charge in [0, 0.05) is 18.5 Å². The van der Waals surface area contributed by atoms with Crippen LogP contribution in [0.5, 0.6) is 11.5 Å². The van der Waals surface area contributed by atoms with E-state index in [-0.39, 0.29) is 5.91 Å². The van der Waals surface area contributed by atoms with Crippen molar-refractivity contribution in [1.29, 1.82) is 0 Å². The molecule has 0 atom stereocenters. The highest BCUT2D eigenvalue weighted by Gasteiger charge is 2.11. The topological polar surface area (TPSA) is 65.4 Å². The van der Waals surface area contributed by atoms with Crippen molar-refractivity contribution in [1.82, 2.24) is 14.9 Å². The highest BCUT2D eigenvalue weighted by Crippen LogP contribution is 2.20. The third-order valence-corrected chi connectivity index (χ3v) is 6.06. The number of para-hydroxylation sites is 2. The number of carbonyl (C=O) groups is 1. The Hall–Kier alpha value is -3.80. The molecule has 35 heavy (non-hydrogen) atoms. The van der Waals surface area contributed by atoms with E-state index < -0.39 is 0 Å². The van der Waals surface area contributed by atoms with Gasteiger partial charge in [0.2, 0.25) is 0 Å². The number of fused-ring (bicyclic) bond motifs is 1. The SMILES string of the molecule is COc1cccc(C(=O)NCCCc2nc3ccccc3n2CCOc2ccc(C(C)C)cc2)c1. The van der Waals surface area contributed by atoms with Crippen LogP contribution in [-0.4, -0.2) is 35.7 Å². The van der Waals surface area contributed by atoms with Crippen LogP contribution in [0.4, 0.5) is 0 Å². The highest BCUT2D eigenvalue weighted by molar-refractivity contribution is 5.94. The number of rotatable bonds is 11. The average molecular weight is 472 g/mol. The summed E-state index contributed by atoms with van der Waals surface area (Å²) < 4.78 is 13.5. The maximum absolute atomic E-state index is 12.5. The molecule has 1 aromatic heterocycles. The zero-order valence-electron chi connectivity index (χ0n) is 20.7. The Morgan fingerprint density at radius 1 is 1.00 bits per heavy atom. The molecule has 4 aromatic rings. The number of amides is 1. The van der Waals surface area contributed by atoms with E-state index in [1.165, 1.54) is 5.56 Å². The molecule has 4 rings (SSSR count). The molecular weight excluding hydrogens is 438 g/mol. The summed E-state index contributed by atoms with van der Waals surface area (Å²) in [4.78, 5) is 17.3. The Balaban J connectivity index is 1.35. The molecule has 0 saturated heterocycles. The van der Waals surface area contributed by atoms with E-state index >= 15 is 0 Å². The molecule has 6 nitrogen and oxygen atoms in total. The fraction of sp³-hybridized carbons (Fsp3) is 0.310. The monoisotopic (exact) mass is 471 g/mol. The number of nitrogens with one attached hydrogen (secondary N) is 1. The van der Waals surface area contributed by atoms with E-state index in [1.807, 2.05) is 42.5 Å². The number of benzene rings is 3. The van der Waals surface area contributed by atoms with Crippen molar-refractivity contribution in [2.75, 3.05) is 20.3 Å². The second-order valence-electron chi connectivity index (χ2n) is 8.83. The maximum atomic E-state index is 12.5. The van der Waals surface area contributed by atoms with Gasteiger partial charge < -0.3 is 19.4 Å². The van der Waals surface area contributed by atoms with Crippen LogP contribution >= 0.6 is 0 Å². The second-order valence-corrected chi connectivity index (χ2v) is 8.83. The van der Waals surface area contributed by atoms with Gasteiger partial charge in [0.25, 0.3) is 5.91 Å². The van der Waals surface area contributed by atoms with Gasteiger partial charge in [-0.1, -0.05) is 44.2 Å². The third kappa shape index (κ3) is 6.21. The van der Waals surface area contributed by atoms with Crippen LogP contribution in [0.2, 0.25) is 0 Å². The number of imidazole rings is 1. The van der Waals surface area contributed by atoms with Gasteiger partial charge in [-0.2, -0.15) is 0 Å². The quantitative estimate of drug-likeness (QED) is 0.289. The lowest BCUT2D eigenvalue weighted by molar-refractivity contribution is 0.0952. The first-order valence-corrected chi connectivity index (χ1v) is 12.1. The molecule has 0 aliphatic rings. The zero-order valence-corrected chi connectivity index (χ0v) is 20.7. The molecule has 1 amide bonds. The van der Waals surface area contributed by atoms with Gasteiger partial charge in [0.1, 0.15) is 23.9 Å². The first kappa shape index (κ1) is 24.3. The molecule has 1 N–H and O–H groups in total. The molecule has 0 fully saturated rings. The van der Waals surface area contributed by atoms with E-state index in [9.17, 15) is 4.79 Å². The van der Waals surface area contributed by atoms with Crippen molar-refractivity contribution in [2.24, 2.45) is 0 Å². The van der Waals surface area contributed by atoms with Gasteiger partial charge in [-0.25, -0.2) is 4.98 Å². The van der Waals surface area contributed by atoms with Gasteiger partial charge in [-0.05, 0) is 60.4 Å².